The molecule has 16 heavy (non-hydrogen) atoms. The fraction of sp³-hybridized carbons (Fsp3) is 0.200. The molecule has 0 atom stereocenters. The van der Waals surface area contributed by atoms with E-state index in [1.807, 2.05) is 0 Å². The highest BCUT2D eigenvalue weighted by Gasteiger charge is 2.10. The number of azide groups is 1. The van der Waals surface area contributed by atoms with Crippen molar-refractivity contribution in [1.29, 1.82) is 0 Å². The van der Waals surface area contributed by atoms with E-state index in [0.29, 0.717) is 6.42 Å². The Labute approximate surface area is 89.8 Å². The average Bonchev–Trinajstić information content (AvgIpc) is 2.28. The molecule has 0 amide bonds. The molecule has 1 aromatic carbocycles. The minimum Gasteiger partial charge on any atom is -0.206 e. The highest BCUT2D eigenvalue weighted by atomic mass is 19.2. The van der Waals surface area contributed by atoms with E-state index in [0.717, 1.165) is 18.2 Å². The molecule has 0 heterocycles. The zero-order chi connectivity index (χ0) is 12.0. The molecule has 0 N–H and O–H groups in total. The van der Waals surface area contributed by atoms with Crippen LogP contribution in [0.3, 0.4) is 0 Å². The van der Waals surface area contributed by atoms with Crippen LogP contribution in [0.2, 0.25) is 0 Å². The molecule has 0 unspecified atom stereocenters. The summed E-state index contributed by atoms with van der Waals surface area (Å²) in [6.07, 6.45) is 2.87. The van der Waals surface area contributed by atoms with Gasteiger partial charge in [0.15, 0.2) is 11.6 Å². The molecule has 0 aliphatic rings. The number of hydrogen-bond acceptors (Lipinski definition) is 1. The summed E-state index contributed by atoms with van der Waals surface area (Å²) in [4.78, 5) is 2.51. The summed E-state index contributed by atoms with van der Waals surface area (Å²) in [5.41, 5.74) is 7.54. The third-order valence-corrected chi connectivity index (χ3v) is 1.82. The number of hydrogen-bond donors (Lipinski definition) is 0. The van der Waals surface area contributed by atoms with Gasteiger partial charge in [-0.15, -0.1) is 0 Å². The predicted octanol–water partition coefficient (Wildman–Crippen LogP) is 3.82. The van der Waals surface area contributed by atoms with Crippen molar-refractivity contribution in [2.45, 2.75) is 6.42 Å². The van der Waals surface area contributed by atoms with Gasteiger partial charge in [0.2, 0.25) is 0 Å². The number of nitrogens with zero attached hydrogens (tertiary/aromatic N) is 3. The molecule has 0 saturated heterocycles. The molecule has 0 saturated carbocycles. The SMILES string of the molecule is [N-]=[N+]=NCCC=Cc1c(F)ccc(F)c1F. The van der Waals surface area contributed by atoms with E-state index >= 15 is 0 Å². The monoisotopic (exact) mass is 227 g/mol. The van der Waals surface area contributed by atoms with Crippen LogP contribution in [0, 0.1) is 17.5 Å². The van der Waals surface area contributed by atoms with Gasteiger partial charge >= 0.3 is 0 Å². The zero-order valence-electron chi connectivity index (χ0n) is 8.20. The first-order chi connectivity index (χ1) is 7.66. The van der Waals surface area contributed by atoms with Gasteiger partial charge < -0.3 is 0 Å². The van der Waals surface area contributed by atoms with Crippen LogP contribution in [0.4, 0.5) is 13.2 Å². The van der Waals surface area contributed by atoms with E-state index in [1.165, 1.54) is 6.08 Å². The van der Waals surface area contributed by atoms with Crippen molar-refractivity contribution >= 4 is 6.08 Å². The van der Waals surface area contributed by atoms with Gasteiger partial charge in [0, 0.05) is 17.0 Å². The quantitative estimate of drug-likeness (QED) is 0.247. The molecule has 3 nitrogen and oxygen atoms in total. The van der Waals surface area contributed by atoms with Gasteiger partial charge in [-0.05, 0) is 24.1 Å². The molecule has 0 fully saturated rings. The Hall–Kier alpha value is -1.94. The molecule has 0 aliphatic carbocycles. The molecule has 1 rings (SSSR count). The molecule has 0 radical (unpaired) electrons. The van der Waals surface area contributed by atoms with Crippen molar-refractivity contribution in [2.24, 2.45) is 5.11 Å². The molecule has 0 aliphatic heterocycles. The van der Waals surface area contributed by atoms with E-state index in [4.69, 9.17) is 5.53 Å². The first kappa shape index (κ1) is 12.1. The summed E-state index contributed by atoms with van der Waals surface area (Å²) in [5, 5.41) is 3.23. The number of rotatable bonds is 4. The van der Waals surface area contributed by atoms with E-state index in [-0.39, 0.29) is 6.54 Å². The second-order valence-corrected chi connectivity index (χ2v) is 2.90. The van der Waals surface area contributed by atoms with E-state index in [1.54, 1.807) is 0 Å². The highest BCUT2D eigenvalue weighted by molar-refractivity contribution is 5.50. The predicted molar refractivity (Wildman–Crippen MR) is 54.0 cm³/mol. The maximum atomic E-state index is 13.1. The molecular formula is C10H8F3N3. The Balaban J connectivity index is 2.80. The van der Waals surface area contributed by atoms with Gasteiger partial charge in [0.1, 0.15) is 5.82 Å². The standard InChI is InChI=1S/C10H8F3N3/c11-8-4-5-9(12)10(13)7(8)3-1-2-6-15-16-14/h1,3-5H,2,6H2. The van der Waals surface area contributed by atoms with Gasteiger partial charge in [0.05, 0.1) is 0 Å². The van der Waals surface area contributed by atoms with Gasteiger partial charge in [-0.25, -0.2) is 13.2 Å². The maximum absolute atomic E-state index is 13.1. The number of benzene rings is 1. The van der Waals surface area contributed by atoms with E-state index in [2.05, 4.69) is 10.0 Å². The average molecular weight is 227 g/mol. The fourth-order valence-electron chi connectivity index (χ4n) is 1.07. The van der Waals surface area contributed by atoms with Crippen LogP contribution in [-0.2, 0) is 0 Å². The number of halogens is 3. The molecule has 84 valence electrons. The van der Waals surface area contributed by atoms with Gasteiger partial charge in [-0.2, -0.15) is 0 Å². The maximum Gasteiger partial charge on any atom is 0.168 e. The minimum atomic E-state index is -1.22. The van der Waals surface area contributed by atoms with Crippen molar-refractivity contribution < 1.29 is 13.2 Å². The first-order valence-electron chi connectivity index (χ1n) is 4.47. The summed E-state index contributed by atoms with van der Waals surface area (Å²) in [6, 6.07) is 1.58. The molecule has 0 aromatic heterocycles. The molecule has 1 aromatic rings. The highest BCUT2D eigenvalue weighted by Crippen LogP contribution is 2.17. The van der Waals surface area contributed by atoms with Gasteiger partial charge in [0.25, 0.3) is 0 Å². The van der Waals surface area contributed by atoms with Crippen LogP contribution in [-0.4, -0.2) is 6.54 Å². The van der Waals surface area contributed by atoms with Crippen LogP contribution in [0.1, 0.15) is 12.0 Å². The lowest BCUT2D eigenvalue weighted by atomic mass is 10.1. The lowest BCUT2D eigenvalue weighted by molar-refractivity contribution is 0.492. The molecule has 6 heteroatoms. The first-order valence-corrected chi connectivity index (χ1v) is 4.47. The third-order valence-electron chi connectivity index (χ3n) is 1.82. The van der Waals surface area contributed by atoms with Crippen molar-refractivity contribution in [2.75, 3.05) is 6.54 Å². The van der Waals surface area contributed by atoms with Crippen molar-refractivity contribution in [3.05, 3.63) is 51.7 Å². The topological polar surface area (TPSA) is 48.8 Å². The summed E-state index contributed by atoms with van der Waals surface area (Å²) in [6.45, 7) is 0.186. The van der Waals surface area contributed by atoms with Crippen LogP contribution >= 0.6 is 0 Å². The lowest BCUT2D eigenvalue weighted by Gasteiger charge is -1.99. The van der Waals surface area contributed by atoms with Crippen LogP contribution in [0.5, 0.6) is 0 Å². The molecular weight excluding hydrogens is 219 g/mol. The minimum absolute atomic E-state index is 0.186. The second-order valence-electron chi connectivity index (χ2n) is 2.90. The van der Waals surface area contributed by atoms with E-state index in [9.17, 15) is 13.2 Å². The van der Waals surface area contributed by atoms with Gasteiger partial charge in [-0.3, -0.25) is 0 Å². The summed E-state index contributed by atoms with van der Waals surface area (Å²) < 4.78 is 38.9. The van der Waals surface area contributed by atoms with E-state index < -0.39 is 23.0 Å². The van der Waals surface area contributed by atoms with Crippen molar-refractivity contribution in [3.8, 4) is 0 Å². The zero-order valence-corrected chi connectivity index (χ0v) is 8.20. The lowest BCUT2D eigenvalue weighted by Crippen LogP contribution is -1.92. The summed E-state index contributed by atoms with van der Waals surface area (Å²) in [5.74, 6) is -3.16. The van der Waals surface area contributed by atoms with Gasteiger partial charge in [-0.1, -0.05) is 17.3 Å². The summed E-state index contributed by atoms with van der Waals surface area (Å²) in [7, 11) is 0. The third kappa shape index (κ3) is 3.03. The van der Waals surface area contributed by atoms with Crippen LogP contribution in [0.15, 0.2) is 23.3 Å². The van der Waals surface area contributed by atoms with Crippen molar-refractivity contribution in [1.82, 2.24) is 0 Å². The Morgan fingerprint density at radius 3 is 2.62 bits per heavy atom. The largest absolute Gasteiger partial charge is 0.206 e. The molecule has 0 bridgehead atoms. The molecule has 0 spiro atoms. The Morgan fingerprint density at radius 1 is 1.25 bits per heavy atom. The second kappa shape index (κ2) is 5.82. The smallest absolute Gasteiger partial charge is 0.168 e. The Kier molecular flexibility index (Phi) is 4.42. The van der Waals surface area contributed by atoms with Crippen molar-refractivity contribution in [3.63, 3.8) is 0 Å². The Morgan fingerprint density at radius 2 is 1.94 bits per heavy atom. The normalized spacial score (nSPS) is 10.4. The Bertz CT molecular complexity index is 451. The van der Waals surface area contributed by atoms with Crippen LogP contribution in [0.25, 0.3) is 16.5 Å². The van der Waals surface area contributed by atoms with Crippen LogP contribution < -0.4 is 0 Å². The fourth-order valence-corrected chi connectivity index (χ4v) is 1.07. The summed E-state index contributed by atoms with van der Waals surface area (Å²) >= 11 is 0.